The van der Waals surface area contributed by atoms with Crippen molar-refractivity contribution in [2.75, 3.05) is 6.54 Å². The van der Waals surface area contributed by atoms with E-state index in [4.69, 9.17) is 17.3 Å². The molecule has 17 heavy (non-hydrogen) atoms. The van der Waals surface area contributed by atoms with E-state index in [9.17, 15) is 9.90 Å². The zero-order chi connectivity index (χ0) is 13.2. The van der Waals surface area contributed by atoms with Crippen molar-refractivity contribution in [1.82, 2.24) is 0 Å². The summed E-state index contributed by atoms with van der Waals surface area (Å²) in [5.74, 6) is -0.00947. The average Bonchev–Trinajstić information content (AvgIpc) is 2.23. The van der Waals surface area contributed by atoms with Gasteiger partial charge in [-0.05, 0) is 36.6 Å². The van der Waals surface area contributed by atoms with Crippen molar-refractivity contribution in [3.63, 3.8) is 0 Å². The number of carbonyl (C=O) groups is 1. The van der Waals surface area contributed by atoms with Crippen molar-refractivity contribution in [2.45, 2.75) is 33.1 Å². The highest BCUT2D eigenvalue weighted by molar-refractivity contribution is 6.32. The van der Waals surface area contributed by atoms with Gasteiger partial charge in [-0.15, -0.1) is 0 Å². The largest absolute Gasteiger partial charge is 0.507 e. The van der Waals surface area contributed by atoms with Gasteiger partial charge in [-0.2, -0.15) is 0 Å². The first-order valence-electron chi connectivity index (χ1n) is 5.65. The van der Waals surface area contributed by atoms with Gasteiger partial charge in [0, 0.05) is 11.4 Å². The Labute approximate surface area is 107 Å². The molecule has 0 bridgehead atoms. The van der Waals surface area contributed by atoms with Crippen molar-refractivity contribution in [3.05, 3.63) is 27.8 Å². The summed E-state index contributed by atoms with van der Waals surface area (Å²) in [7, 11) is 0. The van der Waals surface area contributed by atoms with Crippen LogP contribution in [0.1, 0.15) is 47.7 Å². The summed E-state index contributed by atoms with van der Waals surface area (Å²) in [6.07, 6.45) is 0.215. The van der Waals surface area contributed by atoms with Crippen LogP contribution in [-0.4, -0.2) is 17.4 Å². The van der Waals surface area contributed by atoms with Crippen LogP contribution in [0.3, 0.4) is 0 Å². The summed E-state index contributed by atoms with van der Waals surface area (Å²) in [5, 5.41) is 10.6. The Morgan fingerprint density at radius 3 is 2.59 bits per heavy atom. The van der Waals surface area contributed by atoms with Crippen molar-refractivity contribution in [2.24, 2.45) is 5.73 Å². The molecule has 0 fully saturated rings. The Morgan fingerprint density at radius 2 is 2.12 bits per heavy atom. The number of aromatic hydroxyl groups is 1. The van der Waals surface area contributed by atoms with E-state index in [-0.39, 0.29) is 30.4 Å². The highest BCUT2D eigenvalue weighted by Crippen LogP contribution is 2.36. The molecule has 0 unspecified atom stereocenters. The van der Waals surface area contributed by atoms with Gasteiger partial charge in [0.1, 0.15) is 5.75 Å². The van der Waals surface area contributed by atoms with Crippen LogP contribution in [0.15, 0.2) is 6.07 Å². The van der Waals surface area contributed by atoms with E-state index in [1.54, 1.807) is 13.0 Å². The van der Waals surface area contributed by atoms with E-state index in [1.807, 2.05) is 13.8 Å². The molecule has 0 amide bonds. The highest BCUT2D eigenvalue weighted by Gasteiger charge is 2.20. The van der Waals surface area contributed by atoms with E-state index < -0.39 is 0 Å². The molecule has 1 rings (SSSR count). The molecule has 0 heterocycles. The average molecular weight is 256 g/mol. The van der Waals surface area contributed by atoms with Crippen LogP contribution in [0.4, 0.5) is 0 Å². The van der Waals surface area contributed by atoms with Crippen LogP contribution >= 0.6 is 11.6 Å². The Morgan fingerprint density at radius 1 is 1.53 bits per heavy atom. The first-order chi connectivity index (χ1) is 7.90. The minimum Gasteiger partial charge on any atom is -0.507 e. The second-order valence-corrected chi connectivity index (χ2v) is 4.82. The Balaban J connectivity index is 3.41. The van der Waals surface area contributed by atoms with Crippen molar-refractivity contribution in [3.8, 4) is 5.75 Å². The number of halogens is 1. The molecule has 0 aliphatic rings. The molecule has 0 aliphatic heterocycles. The fourth-order valence-corrected chi connectivity index (χ4v) is 2.00. The van der Waals surface area contributed by atoms with E-state index in [0.717, 1.165) is 0 Å². The summed E-state index contributed by atoms with van der Waals surface area (Å²) < 4.78 is 0. The summed E-state index contributed by atoms with van der Waals surface area (Å²) in [4.78, 5) is 11.9. The SMILES string of the molecule is Cc1c(Cl)cc(C(C)C)c(O)c1C(=O)CCN. The second kappa shape index (κ2) is 5.52. The lowest BCUT2D eigenvalue weighted by molar-refractivity contribution is 0.0982. The van der Waals surface area contributed by atoms with Gasteiger partial charge in [0.05, 0.1) is 5.56 Å². The number of benzene rings is 1. The predicted molar refractivity (Wildman–Crippen MR) is 69.9 cm³/mol. The fourth-order valence-electron chi connectivity index (χ4n) is 1.79. The lowest BCUT2D eigenvalue weighted by Gasteiger charge is -2.15. The van der Waals surface area contributed by atoms with Crippen LogP contribution in [0.2, 0.25) is 5.02 Å². The third-order valence-corrected chi connectivity index (χ3v) is 3.19. The zero-order valence-electron chi connectivity index (χ0n) is 10.4. The maximum Gasteiger partial charge on any atom is 0.168 e. The molecule has 0 spiro atoms. The van der Waals surface area contributed by atoms with Crippen molar-refractivity contribution < 1.29 is 9.90 Å². The number of ketones is 1. The summed E-state index contributed by atoms with van der Waals surface area (Å²) >= 11 is 6.08. The lowest BCUT2D eigenvalue weighted by atomic mass is 9.93. The van der Waals surface area contributed by atoms with Crippen LogP contribution in [0.25, 0.3) is 0 Å². The van der Waals surface area contributed by atoms with Gasteiger partial charge in [-0.3, -0.25) is 4.79 Å². The highest BCUT2D eigenvalue weighted by atomic mass is 35.5. The van der Waals surface area contributed by atoms with Crippen LogP contribution in [-0.2, 0) is 0 Å². The Bertz CT molecular complexity index is 442. The molecule has 1 aromatic rings. The van der Waals surface area contributed by atoms with E-state index in [1.165, 1.54) is 0 Å². The molecule has 94 valence electrons. The molecule has 0 atom stereocenters. The molecule has 0 saturated heterocycles. The second-order valence-electron chi connectivity index (χ2n) is 4.41. The van der Waals surface area contributed by atoms with Crippen molar-refractivity contribution >= 4 is 17.4 Å². The molecular weight excluding hydrogens is 238 g/mol. The first-order valence-corrected chi connectivity index (χ1v) is 6.03. The van der Waals surface area contributed by atoms with Gasteiger partial charge >= 0.3 is 0 Å². The van der Waals surface area contributed by atoms with Crippen LogP contribution < -0.4 is 5.73 Å². The third kappa shape index (κ3) is 2.79. The topological polar surface area (TPSA) is 63.3 Å². The molecule has 3 N–H and O–H groups in total. The van der Waals surface area contributed by atoms with E-state index in [0.29, 0.717) is 21.7 Å². The smallest absolute Gasteiger partial charge is 0.168 e. The van der Waals surface area contributed by atoms with Gasteiger partial charge in [-0.25, -0.2) is 0 Å². The molecule has 3 nitrogen and oxygen atoms in total. The van der Waals surface area contributed by atoms with Gasteiger partial charge < -0.3 is 10.8 Å². The number of Topliss-reactive ketones (excluding diaryl/α,β-unsaturated/α-hetero) is 1. The molecule has 0 radical (unpaired) electrons. The van der Waals surface area contributed by atoms with Gasteiger partial charge in [0.25, 0.3) is 0 Å². The first kappa shape index (κ1) is 14.0. The molecule has 0 aromatic heterocycles. The van der Waals surface area contributed by atoms with Crippen LogP contribution in [0.5, 0.6) is 5.75 Å². The lowest BCUT2D eigenvalue weighted by Crippen LogP contribution is -2.11. The molecule has 0 saturated carbocycles. The number of carbonyl (C=O) groups excluding carboxylic acids is 1. The molecule has 1 aromatic carbocycles. The number of phenolic OH excluding ortho intramolecular Hbond substituents is 1. The number of phenols is 1. The maximum atomic E-state index is 11.9. The normalized spacial score (nSPS) is 10.9. The predicted octanol–water partition coefficient (Wildman–Crippen LogP) is 3.01. The Hall–Kier alpha value is -1.06. The van der Waals surface area contributed by atoms with Gasteiger partial charge in [0.2, 0.25) is 0 Å². The Kier molecular flexibility index (Phi) is 4.54. The quantitative estimate of drug-likeness (QED) is 0.813. The number of hydrogen-bond donors (Lipinski definition) is 2. The minimum atomic E-state index is -0.160. The van der Waals surface area contributed by atoms with Gasteiger partial charge in [-0.1, -0.05) is 25.4 Å². The molecule has 4 heteroatoms. The molecular formula is C13H18ClNO2. The minimum absolute atomic E-state index is 0.0420. The van der Waals surface area contributed by atoms with E-state index >= 15 is 0 Å². The van der Waals surface area contributed by atoms with Crippen molar-refractivity contribution in [1.29, 1.82) is 0 Å². The van der Waals surface area contributed by atoms with Crippen LogP contribution in [0, 0.1) is 6.92 Å². The summed E-state index contributed by atoms with van der Waals surface area (Å²) in [5.41, 5.74) is 6.99. The standard InChI is InChI=1S/C13H18ClNO2/c1-7(2)9-6-10(14)8(3)12(13(9)17)11(16)4-5-15/h6-7,17H,4-5,15H2,1-3H3. The monoisotopic (exact) mass is 255 g/mol. The third-order valence-electron chi connectivity index (χ3n) is 2.80. The maximum absolute atomic E-state index is 11.9. The van der Waals surface area contributed by atoms with Gasteiger partial charge in [0.15, 0.2) is 5.78 Å². The summed E-state index contributed by atoms with van der Waals surface area (Å²) in [6, 6.07) is 1.72. The fraction of sp³-hybridized carbons (Fsp3) is 0.462. The summed E-state index contributed by atoms with van der Waals surface area (Å²) in [6.45, 7) is 5.88. The number of nitrogens with two attached hydrogens (primary N) is 1. The number of rotatable bonds is 4. The number of hydrogen-bond acceptors (Lipinski definition) is 3. The van der Waals surface area contributed by atoms with E-state index in [2.05, 4.69) is 0 Å². The molecule has 0 aliphatic carbocycles. The zero-order valence-corrected chi connectivity index (χ0v) is 11.1.